The van der Waals surface area contributed by atoms with Crippen molar-refractivity contribution < 1.29 is 71.5 Å². The van der Waals surface area contributed by atoms with Crippen LogP contribution in [-0.4, -0.2) is 112 Å². The third kappa shape index (κ3) is 29.8. The number of rotatable bonds is 32. The van der Waals surface area contributed by atoms with Gasteiger partial charge in [-0.3, -0.25) is 4.98 Å². The van der Waals surface area contributed by atoms with Crippen molar-refractivity contribution in [1.29, 1.82) is 0 Å². The molecule has 0 amide bonds. The molecule has 0 saturated heterocycles. The molecule has 0 spiro atoms. The lowest BCUT2D eigenvalue weighted by Crippen LogP contribution is -2.23. The van der Waals surface area contributed by atoms with Crippen molar-refractivity contribution in [3.63, 3.8) is 0 Å². The number of anilines is 7. The van der Waals surface area contributed by atoms with Crippen LogP contribution in [0.25, 0.3) is 0 Å². The van der Waals surface area contributed by atoms with Gasteiger partial charge in [-0.2, -0.15) is 0 Å². The number of ether oxygens (including phenoxy) is 8. The second-order valence-electron chi connectivity index (χ2n) is 29.7. The Balaban J connectivity index is 0.000000180. The number of nitrogens with one attached hydrogen (secondary N) is 7. The van der Waals surface area contributed by atoms with E-state index in [1.165, 1.54) is 110 Å². The summed E-state index contributed by atoms with van der Waals surface area (Å²) in [4.78, 5) is 88.0. The predicted molar refractivity (Wildman–Crippen MR) is 465 cm³/mol. The van der Waals surface area contributed by atoms with Crippen molar-refractivity contribution in [2.45, 2.75) is 214 Å². The van der Waals surface area contributed by atoms with Gasteiger partial charge >= 0.3 is 42.0 Å². The molecule has 1 heterocycles. The van der Waals surface area contributed by atoms with Gasteiger partial charge in [0.15, 0.2) is 0 Å². The van der Waals surface area contributed by atoms with E-state index >= 15 is 0 Å². The number of carbonyl (C=O) groups excluding carboxylic acids is 7. The van der Waals surface area contributed by atoms with Crippen molar-refractivity contribution in [2.24, 2.45) is 5.92 Å². The number of hydrogen-bond donors (Lipinski definition) is 7. The molecular weight excluding hydrogens is 1490 g/mol. The van der Waals surface area contributed by atoms with E-state index in [0.29, 0.717) is 122 Å². The Morgan fingerprint density at radius 3 is 1.00 bits per heavy atom. The number of nitrogens with zero attached hydrogens (tertiary/aromatic N) is 1. The minimum Gasteiger partial charge on any atom is -0.465 e. The lowest BCUT2D eigenvalue weighted by atomic mass is 9.85. The molecule has 4 aliphatic rings. The maximum Gasteiger partial charge on any atom is 0.513 e. The highest BCUT2D eigenvalue weighted by Gasteiger charge is 2.23. The van der Waals surface area contributed by atoms with E-state index in [0.717, 1.165) is 107 Å². The summed E-state index contributed by atoms with van der Waals surface area (Å²) in [5.74, 6) is -0.855. The van der Waals surface area contributed by atoms with Crippen LogP contribution in [0.1, 0.15) is 253 Å². The zero-order valence-electron chi connectivity index (χ0n) is 69.8. The maximum absolute atomic E-state index is 12.2. The first-order valence-corrected chi connectivity index (χ1v) is 42.2. The molecule has 0 radical (unpaired) electrons. The molecule has 0 unspecified atom stereocenters. The van der Waals surface area contributed by atoms with E-state index in [9.17, 15) is 33.6 Å². The zero-order chi connectivity index (χ0) is 83.6. The van der Waals surface area contributed by atoms with Crippen LogP contribution in [-0.2, 0) is 65.8 Å². The summed E-state index contributed by atoms with van der Waals surface area (Å²) in [6, 6.07) is 52.1. The monoisotopic (exact) mass is 1610 g/mol. The maximum atomic E-state index is 12.2. The molecule has 7 aromatic carbocycles. The van der Waals surface area contributed by atoms with Crippen LogP contribution in [0.4, 0.5) is 44.6 Å². The lowest BCUT2D eigenvalue weighted by molar-refractivity contribution is 0.0516. The zero-order valence-corrected chi connectivity index (χ0v) is 69.8. The van der Waals surface area contributed by atoms with Gasteiger partial charge in [0, 0.05) is 50.5 Å². The quantitative estimate of drug-likeness (QED) is 0.0117. The first-order chi connectivity index (χ1) is 57.5. The van der Waals surface area contributed by atoms with E-state index in [1.54, 1.807) is 82.4 Å². The van der Waals surface area contributed by atoms with Crippen LogP contribution >= 0.6 is 0 Å². The molecule has 4 aliphatic carbocycles. The molecule has 12 rings (SSSR count). The Morgan fingerprint density at radius 1 is 0.322 bits per heavy atom. The Kier molecular flexibility index (Phi) is 37.8. The average molecular weight is 1610 g/mol. The summed E-state index contributed by atoms with van der Waals surface area (Å²) in [5.41, 5.74) is 14.9. The van der Waals surface area contributed by atoms with Gasteiger partial charge in [-0.05, 0) is 205 Å². The Labute approximate surface area is 695 Å². The topological polar surface area (TPSA) is 290 Å². The van der Waals surface area contributed by atoms with Gasteiger partial charge in [0.25, 0.3) is 0 Å². The molecular formula is C95H120N8O15. The fourth-order valence-electron chi connectivity index (χ4n) is 14.7. The van der Waals surface area contributed by atoms with Gasteiger partial charge in [0.05, 0.1) is 126 Å². The number of aromatic nitrogens is 1. The van der Waals surface area contributed by atoms with Crippen molar-refractivity contribution in [2.75, 3.05) is 84.5 Å². The van der Waals surface area contributed by atoms with Crippen LogP contribution in [0, 0.1) is 5.92 Å². The van der Waals surface area contributed by atoms with Crippen LogP contribution in [0.3, 0.4) is 0 Å². The fourth-order valence-corrected chi connectivity index (χ4v) is 14.7. The Bertz CT molecular complexity index is 4440. The smallest absolute Gasteiger partial charge is 0.465 e. The number of pyridine rings is 1. The third-order valence-corrected chi connectivity index (χ3v) is 21.1. The van der Waals surface area contributed by atoms with Gasteiger partial charge in [0.2, 0.25) is 0 Å². The highest BCUT2D eigenvalue weighted by Crippen LogP contribution is 2.35. The second kappa shape index (κ2) is 49.4. The van der Waals surface area contributed by atoms with Gasteiger partial charge in [-0.25, -0.2) is 33.6 Å². The summed E-state index contributed by atoms with van der Waals surface area (Å²) in [6.45, 7) is 13.1. The Hall–Kier alpha value is -11.6. The highest BCUT2D eigenvalue weighted by atomic mass is 16.7. The summed E-state index contributed by atoms with van der Waals surface area (Å²) < 4.78 is 39.9. The van der Waals surface area contributed by atoms with E-state index in [1.807, 2.05) is 110 Å². The van der Waals surface area contributed by atoms with Crippen LogP contribution in [0.15, 0.2) is 170 Å². The number of benzene rings is 7. The molecule has 23 nitrogen and oxygen atoms in total. The molecule has 8 aromatic rings. The minimum atomic E-state index is -0.750. The van der Waals surface area contributed by atoms with Crippen molar-refractivity contribution in [3.05, 3.63) is 231 Å². The predicted octanol–water partition coefficient (Wildman–Crippen LogP) is 20.8. The normalized spacial score (nSPS) is 14.2. The Morgan fingerprint density at radius 2 is 0.636 bits per heavy atom. The molecule has 118 heavy (non-hydrogen) atoms. The van der Waals surface area contributed by atoms with Gasteiger partial charge in [-0.1, -0.05) is 157 Å². The van der Waals surface area contributed by atoms with Crippen molar-refractivity contribution in [1.82, 2.24) is 4.98 Å². The summed E-state index contributed by atoms with van der Waals surface area (Å²) in [6.07, 6.45) is 26.7. The average Bonchev–Trinajstić information content (AvgIpc) is 0.846. The third-order valence-electron chi connectivity index (χ3n) is 21.1. The number of esters is 6. The van der Waals surface area contributed by atoms with E-state index < -0.39 is 6.16 Å². The molecule has 0 aliphatic heterocycles. The second-order valence-corrected chi connectivity index (χ2v) is 29.7. The molecule has 23 heteroatoms. The van der Waals surface area contributed by atoms with Gasteiger partial charge < -0.3 is 75.1 Å². The SMILES string of the molecule is CCOC(=O)c1ccc(CNc2cc(C(=O)OCC)ccc2NC2CCCCC2)cc1.CCOC(=O)c1ccc(NC2CCCCC2)c(NCc2ccc(C(=O)OC)cc2)c1.CCOC(=O)c1ccc(NC2CCCCC2)c(NCc2ccc(OC(=O)OC)cc2)c1.CCOC(=O)c1cnc(CC2CCCCC2)c(NCc2ccccc2)c1. The minimum absolute atomic E-state index is 0.313. The van der Waals surface area contributed by atoms with E-state index in [-0.39, 0.29) is 35.8 Å². The largest absolute Gasteiger partial charge is 0.513 e. The molecule has 0 atom stereocenters. The standard InChI is InChI=1S/C25H32N2O4.C24H30N2O5.C24H30N2O4.C22H28N2O2/c1-3-30-24(28)19-12-10-18(11-13-19)17-26-23-16-20(25(29)31-4-2)14-15-22(23)27-21-8-6-5-7-9-21;1-3-30-23(27)18-11-14-21(26-19-7-5-4-6-8-19)22(15-18)25-16-17-9-12-20(13-10-17)31-24(28)29-2;1-3-30-24(28)19-13-14-21(26-20-7-5-4-6-8-20)22(15-19)25-16-17-9-11-18(12-10-17)23(27)29-2;1-2-26-22(25)19-14-21(23-15-18-11-7-4-8-12-18)20(24-16-19)13-17-9-5-3-6-10-17/h10-16,21,26-27H,3-9,17H2,1-2H3;9-15,19,25-26H,3-8,16H2,1-2H3;9-15,20,25-26H,3-8,16H2,1-2H3;4,7-8,11-12,14,16-17,23H,2-3,5-6,9-10,13,15H2,1H3. The van der Waals surface area contributed by atoms with Crippen LogP contribution in [0.5, 0.6) is 5.75 Å². The van der Waals surface area contributed by atoms with Gasteiger partial charge in [-0.15, -0.1) is 0 Å². The number of hydrogen-bond acceptors (Lipinski definition) is 23. The molecule has 7 N–H and O–H groups in total. The van der Waals surface area contributed by atoms with Crippen molar-refractivity contribution >= 4 is 81.8 Å². The summed E-state index contributed by atoms with van der Waals surface area (Å²) in [5, 5.41) is 24.7. The molecule has 630 valence electrons. The summed E-state index contributed by atoms with van der Waals surface area (Å²) in [7, 11) is 2.64. The number of methoxy groups -OCH3 is 2. The van der Waals surface area contributed by atoms with E-state index in [2.05, 4.69) is 59.1 Å². The summed E-state index contributed by atoms with van der Waals surface area (Å²) >= 11 is 0. The lowest BCUT2D eigenvalue weighted by Gasteiger charge is -2.25. The first-order valence-electron chi connectivity index (χ1n) is 42.2. The highest BCUT2D eigenvalue weighted by molar-refractivity contribution is 5.95. The fraction of sp³-hybridized carbons (Fsp3) is 0.432. The molecule has 0 bridgehead atoms. The molecule has 4 saturated carbocycles. The van der Waals surface area contributed by atoms with Crippen molar-refractivity contribution in [3.8, 4) is 5.75 Å². The molecule has 4 fully saturated rings. The molecule has 1 aromatic heterocycles. The first kappa shape index (κ1) is 90.3. The van der Waals surface area contributed by atoms with Crippen LogP contribution < -0.4 is 42.0 Å². The van der Waals surface area contributed by atoms with Crippen LogP contribution in [0.2, 0.25) is 0 Å². The van der Waals surface area contributed by atoms with E-state index in [4.69, 9.17) is 33.2 Å². The van der Waals surface area contributed by atoms with Gasteiger partial charge in [0.1, 0.15) is 5.75 Å². The number of carbonyl (C=O) groups is 7.